The van der Waals surface area contributed by atoms with Gasteiger partial charge in [-0.05, 0) is 25.2 Å². The number of rotatable bonds is 4. The Bertz CT molecular complexity index is 76.6. The standard InChI is InChI=1S/C8H16N/c1-3-4-8(9-2)7-5-6-7/h7-9H,2-6H2,1H3. The first-order chi connectivity index (χ1) is 4.38. The fraction of sp³-hybridized carbons (Fsp3) is 0.875. The second-order valence-corrected chi connectivity index (χ2v) is 2.94. The van der Waals surface area contributed by atoms with Crippen molar-refractivity contribution in [1.29, 1.82) is 0 Å². The van der Waals surface area contributed by atoms with Gasteiger partial charge in [0.25, 0.3) is 0 Å². The smallest absolute Gasteiger partial charge is 0.00957 e. The maximum Gasteiger partial charge on any atom is 0.00957 e. The van der Waals surface area contributed by atoms with Crippen LogP contribution < -0.4 is 5.32 Å². The Balaban J connectivity index is 2.12. The zero-order valence-electron chi connectivity index (χ0n) is 6.19. The molecular weight excluding hydrogens is 110 g/mol. The number of nitrogens with one attached hydrogen (secondary N) is 1. The largest absolute Gasteiger partial charge is 0.312 e. The molecule has 0 amide bonds. The van der Waals surface area contributed by atoms with Gasteiger partial charge in [0.05, 0.1) is 0 Å². The number of hydrogen-bond acceptors (Lipinski definition) is 1. The summed E-state index contributed by atoms with van der Waals surface area (Å²) in [4.78, 5) is 0. The van der Waals surface area contributed by atoms with Gasteiger partial charge in [-0.3, -0.25) is 0 Å². The summed E-state index contributed by atoms with van der Waals surface area (Å²) in [6.07, 6.45) is 5.43. The molecule has 1 N–H and O–H groups in total. The second kappa shape index (κ2) is 3.21. The third-order valence-electron chi connectivity index (χ3n) is 2.05. The Morgan fingerprint density at radius 1 is 1.67 bits per heavy atom. The first kappa shape index (κ1) is 7.07. The zero-order valence-corrected chi connectivity index (χ0v) is 6.19. The van der Waals surface area contributed by atoms with Crippen molar-refractivity contribution in [3.63, 3.8) is 0 Å². The molecular formula is C8H16N. The summed E-state index contributed by atoms with van der Waals surface area (Å²) in [5, 5.41) is 3.11. The van der Waals surface area contributed by atoms with E-state index in [4.69, 9.17) is 0 Å². The summed E-state index contributed by atoms with van der Waals surface area (Å²) in [6, 6.07) is 0.718. The molecule has 0 bridgehead atoms. The van der Waals surface area contributed by atoms with Crippen LogP contribution in [0.15, 0.2) is 0 Å². The average Bonchev–Trinajstić information content (AvgIpc) is 2.64. The normalized spacial score (nSPS) is 22.0. The molecule has 1 heteroatoms. The van der Waals surface area contributed by atoms with Gasteiger partial charge in [-0.25, -0.2) is 0 Å². The highest BCUT2D eigenvalue weighted by molar-refractivity contribution is 4.85. The summed E-state index contributed by atoms with van der Waals surface area (Å²) < 4.78 is 0. The minimum Gasteiger partial charge on any atom is -0.312 e. The highest BCUT2D eigenvalue weighted by Gasteiger charge is 2.28. The summed E-state index contributed by atoms with van der Waals surface area (Å²) >= 11 is 0. The van der Waals surface area contributed by atoms with Gasteiger partial charge in [-0.2, -0.15) is 0 Å². The first-order valence-corrected chi connectivity index (χ1v) is 3.91. The molecule has 1 atom stereocenters. The Hall–Kier alpha value is -0.0400. The molecule has 0 saturated heterocycles. The molecule has 1 nitrogen and oxygen atoms in total. The molecule has 1 aliphatic carbocycles. The highest BCUT2D eigenvalue weighted by Crippen LogP contribution is 2.34. The van der Waals surface area contributed by atoms with E-state index in [0.717, 1.165) is 12.0 Å². The van der Waals surface area contributed by atoms with E-state index in [1.807, 2.05) is 0 Å². The lowest BCUT2D eigenvalue weighted by Gasteiger charge is -2.12. The van der Waals surface area contributed by atoms with Gasteiger partial charge in [0.15, 0.2) is 0 Å². The van der Waals surface area contributed by atoms with E-state index in [9.17, 15) is 0 Å². The van der Waals surface area contributed by atoms with Gasteiger partial charge in [0.1, 0.15) is 0 Å². The van der Waals surface area contributed by atoms with Crippen LogP contribution in [-0.4, -0.2) is 6.04 Å². The fourth-order valence-electron chi connectivity index (χ4n) is 1.31. The van der Waals surface area contributed by atoms with Crippen LogP contribution in [0, 0.1) is 13.0 Å². The summed E-state index contributed by atoms with van der Waals surface area (Å²) in [7, 11) is 3.72. The molecule has 0 aliphatic heterocycles. The van der Waals surface area contributed by atoms with E-state index in [2.05, 4.69) is 19.3 Å². The second-order valence-electron chi connectivity index (χ2n) is 2.94. The molecule has 1 fully saturated rings. The van der Waals surface area contributed by atoms with E-state index in [1.165, 1.54) is 25.7 Å². The van der Waals surface area contributed by atoms with Crippen molar-refractivity contribution < 1.29 is 0 Å². The summed E-state index contributed by atoms with van der Waals surface area (Å²) in [5.41, 5.74) is 0. The first-order valence-electron chi connectivity index (χ1n) is 3.91. The van der Waals surface area contributed by atoms with Crippen molar-refractivity contribution in [3.8, 4) is 0 Å². The topological polar surface area (TPSA) is 12.0 Å². The minimum absolute atomic E-state index is 0.718. The molecule has 0 aromatic carbocycles. The summed E-state index contributed by atoms with van der Waals surface area (Å²) in [5.74, 6) is 0.961. The van der Waals surface area contributed by atoms with Crippen LogP contribution in [-0.2, 0) is 0 Å². The Kier molecular flexibility index (Phi) is 2.52. The van der Waals surface area contributed by atoms with Crippen molar-refractivity contribution in [2.45, 2.75) is 38.6 Å². The molecule has 0 spiro atoms. The molecule has 0 aromatic heterocycles. The zero-order chi connectivity index (χ0) is 6.69. The lowest BCUT2D eigenvalue weighted by molar-refractivity contribution is 0.479. The van der Waals surface area contributed by atoms with Gasteiger partial charge >= 0.3 is 0 Å². The van der Waals surface area contributed by atoms with Gasteiger partial charge in [0, 0.05) is 13.1 Å². The SMILES string of the molecule is [CH2]NC(CCC)C1CC1. The van der Waals surface area contributed by atoms with Crippen LogP contribution >= 0.6 is 0 Å². The molecule has 1 radical (unpaired) electrons. The van der Waals surface area contributed by atoms with Crippen molar-refractivity contribution in [1.82, 2.24) is 5.32 Å². The number of hydrogen-bond donors (Lipinski definition) is 1. The summed E-state index contributed by atoms with van der Waals surface area (Å²) in [6.45, 7) is 2.23. The maximum absolute atomic E-state index is 3.72. The van der Waals surface area contributed by atoms with E-state index in [0.29, 0.717) is 0 Å². The Morgan fingerprint density at radius 3 is 2.67 bits per heavy atom. The maximum atomic E-state index is 3.72. The quantitative estimate of drug-likeness (QED) is 0.607. The molecule has 9 heavy (non-hydrogen) atoms. The predicted molar refractivity (Wildman–Crippen MR) is 39.9 cm³/mol. The Morgan fingerprint density at radius 2 is 2.33 bits per heavy atom. The van der Waals surface area contributed by atoms with Gasteiger partial charge in [-0.1, -0.05) is 13.3 Å². The third-order valence-corrected chi connectivity index (χ3v) is 2.05. The van der Waals surface area contributed by atoms with Crippen molar-refractivity contribution in [2.75, 3.05) is 0 Å². The van der Waals surface area contributed by atoms with Crippen LogP contribution in [0.4, 0.5) is 0 Å². The lowest BCUT2D eigenvalue weighted by Crippen LogP contribution is -2.24. The molecule has 1 aliphatic rings. The predicted octanol–water partition coefficient (Wildman–Crippen LogP) is 1.95. The molecule has 1 unspecified atom stereocenters. The van der Waals surface area contributed by atoms with Crippen LogP contribution in [0.1, 0.15) is 32.6 Å². The van der Waals surface area contributed by atoms with Crippen LogP contribution in [0.3, 0.4) is 0 Å². The van der Waals surface area contributed by atoms with Gasteiger partial charge in [-0.15, -0.1) is 0 Å². The van der Waals surface area contributed by atoms with Gasteiger partial charge in [0.2, 0.25) is 0 Å². The van der Waals surface area contributed by atoms with Gasteiger partial charge < -0.3 is 5.32 Å². The van der Waals surface area contributed by atoms with Crippen LogP contribution in [0.2, 0.25) is 0 Å². The van der Waals surface area contributed by atoms with Crippen molar-refractivity contribution in [3.05, 3.63) is 7.05 Å². The van der Waals surface area contributed by atoms with E-state index in [1.54, 1.807) is 0 Å². The monoisotopic (exact) mass is 126 g/mol. The Labute approximate surface area is 57.8 Å². The fourth-order valence-corrected chi connectivity index (χ4v) is 1.31. The highest BCUT2D eigenvalue weighted by atomic mass is 14.9. The minimum atomic E-state index is 0.718. The molecule has 1 rings (SSSR count). The molecule has 0 aromatic rings. The average molecular weight is 126 g/mol. The van der Waals surface area contributed by atoms with Crippen LogP contribution in [0.5, 0.6) is 0 Å². The molecule has 0 heterocycles. The lowest BCUT2D eigenvalue weighted by atomic mass is 10.1. The van der Waals surface area contributed by atoms with Crippen LogP contribution in [0.25, 0.3) is 0 Å². The third kappa shape index (κ3) is 1.98. The van der Waals surface area contributed by atoms with Crippen molar-refractivity contribution in [2.24, 2.45) is 5.92 Å². The van der Waals surface area contributed by atoms with E-state index >= 15 is 0 Å². The van der Waals surface area contributed by atoms with Crippen molar-refractivity contribution >= 4 is 0 Å². The molecule has 1 saturated carbocycles. The molecule has 53 valence electrons. The van der Waals surface area contributed by atoms with E-state index < -0.39 is 0 Å². The van der Waals surface area contributed by atoms with E-state index in [-0.39, 0.29) is 0 Å².